The van der Waals surface area contributed by atoms with E-state index in [1.54, 1.807) is 12.1 Å². The van der Waals surface area contributed by atoms with Gasteiger partial charge in [-0.05, 0) is 57.3 Å². The minimum Gasteiger partial charge on any atom is -0.399 e. The lowest BCUT2D eigenvalue weighted by Crippen LogP contribution is -2.26. The molecule has 0 saturated heterocycles. The number of ether oxygens (including phenoxy) is 1. The molecule has 0 aliphatic carbocycles. The molecule has 5 nitrogen and oxygen atoms in total. The van der Waals surface area contributed by atoms with Gasteiger partial charge in [-0.3, -0.25) is 0 Å². The quantitative estimate of drug-likeness (QED) is 0.529. The van der Waals surface area contributed by atoms with E-state index < -0.39 is 10.0 Å². The first-order valence-corrected chi connectivity index (χ1v) is 8.77. The number of halogens is 2. The van der Waals surface area contributed by atoms with Crippen LogP contribution in [-0.2, 0) is 14.8 Å². The van der Waals surface area contributed by atoms with Crippen LogP contribution in [0.25, 0.3) is 0 Å². The van der Waals surface area contributed by atoms with Crippen LogP contribution in [0.3, 0.4) is 0 Å². The van der Waals surface area contributed by atoms with Gasteiger partial charge < -0.3 is 10.5 Å². The predicted octanol–water partition coefficient (Wildman–Crippen LogP) is 2.50. The molecule has 108 valence electrons. The van der Waals surface area contributed by atoms with Crippen molar-refractivity contribution < 1.29 is 13.2 Å². The minimum atomic E-state index is -3.58. The average Bonchev–Trinajstić information content (AvgIpc) is 2.26. The van der Waals surface area contributed by atoms with E-state index in [9.17, 15) is 8.42 Å². The van der Waals surface area contributed by atoms with Crippen LogP contribution in [0.1, 0.15) is 13.3 Å². The zero-order valence-corrected chi connectivity index (χ0v) is 14.4. The van der Waals surface area contributed by atoms with Crippen LogP contribution in [0, 0.1) is 0 Å². The highest BCUT2D eigenvalue weighted by atomic mass is 79.9. The topological polar surface area (TPSA) is 81.4 Å². The molecule has 3 N–H and O–H groups in total. The van der Waals surface area contributed by atoms with Crippen LogP contribution < -0.4 is 10.5 Å². The average molecular weight is 416 g/mol. The highest BCUT2D eigenvalue weighted by Crippen LogP contribution is 2.32. The molecule has 0 aliphatic rings. The molecule has 0 radical (unpaired) electrons. The summed E-state index contributed by atoms with van der Waals surface area (Å²) in [4.78, 5) is 0.151. The number of benzene rings is 1. The van der Waals surface area contributed by atoms with Gasteiger partial charge in [-0.2, -0.15) is 0 Å². The van der Waals surface area contributed by atoms with Gasteiger partial charge in [-0.25, -0.2) is 13.1 Å². The van der Waals surface area contributed by atoms with Gasteiger partial charge in [-0.1, -0.05) is 0 Å². The van der Waals surface area contributed by atoms with E-state index in [0.717, 1.165) is 0 Å². The molecule has 1 aromatic carbocycles. The van der Waals surface area contributed by atoms with Gasteiger partial charge in [-0.15, -0.1) is 0 Å². The monoisotopic (exact) mass is 414 g/mol. The first kappa shape index (κ1) is 16.9. The third-order valence-corrected chi connectivity index (χ3v) is 5.59. The van der Waals surface area contributed by atoms with Crippen LogP contribution in [-0.4, -0.2) is 28.2 Å². The molecule has 0 spiro atoms. The van der Waals surface area contributed by atoms with Crippen LogP contribution >= 0.6 is 31.9 Å². The number of nitrogens with one attached hydrogen (secondary N) is 1. The maximum atomic E-state index is 12.2. The molecule has 0 unspecified atom stereocenters. The summed E-state index contributed by atoms with van der Waals surface area (Å²) in [6.07, 6.45) is 0.622. The van der Waals surface area contributed by atoms with E-state index in [-0.39, 0.29) is 4.90 Å². The van der Waals surface area contributed by atoms with Gasteiger partial charge in [0, 0.05) is 34.4 Å². The molecule has 0 amide bonds. The second kappa shape index (κ2) is 7.58. The molecule has 0 atom stereocenters. The fraction of sp³-hybridized carbons (Fsp3) is 0.455. The Hall–Kier alpha value is -0.150. The number of anilines is 1. The Balaban J connectivity index is 2.78. The number of nitrogen functional groups attached to an aromatic ring is 1. The third-order valence-electron chi connectivity index (χ3n) is 2.25. The first-order chi connectivity index (χ1) is 8.88. The van der Waals surface area contributed by atoms with Crippen molar-refractivity contribution in [1.82, 2.24) is 4.72 Å². The van der Waals surface area contributed by atoms with Crippen LogP contribution in [0.15, 0.2) is 26.0 Å². The smallest absolute Gasteiger partial charge is 0.242 e. The Bertz CT molecular complexity index is 512. The number of rotatable bonds is 7. The summed E-state index contributed by atoms with van der Waals surface area (Å²) in [5.41, 5.74) is 6.12. The zero-order chi connectivity index (χ0) is 14.5. The van der Waals surface area contributed by atoms with Crippen molar-refractivity contribution in [3.05, 3.63) is 21.1 Å². The van der Waals surface area contributed by atoms with Crippen molar-refractivity contribution in [1.29, 1.82) is 0 Å². The fourth-order valence-corrected chi connectivity index (χ4v) is 5.12. The molecule has 8 heteroatoms. The summed E-state index contributed by atoms with van der Waals surface area (Å²) in [5.74, 6) is 0. The highest BCUT2D eigenvalue weighted by Gasteiger charge is 2.21. The Morgan fingerprint density at radius 1 is 1.32 bits per heavy atom. The van der Waals surface area contributed by atoms with E-state index >= 15 is 0 Å². The molecule has 19 heavy (non-hydrogen) atoms. The molecule has 1 aromatic rings. The second-order valence-electron chi connectivity index (χ2n) is 3.76. The molecular weight excluding hydrogens is 400 g/mol. The summed E-state index contributed by atoms with van der Waals surface area (Å²) in [6, 6.07) is 3.11. The second-order valence-corrected chi connectivity index (χ2v) is 7.17. The number of hydrogen-bond acceptors (Lipinski definition) is 4. The van der Waals surface area contributed by atoms with Crippen LogP contribution in [0.4, 0.5) is 5.69 Å². The maximum Gasteiger partial charge on any atom is 0.242 e. The lowest BCUT2D eigenvalue weighted by molar-refractivity contribution is 0.146. The summed E-state index contributed by atoms with van der Waals surface area (Å²) in [6.45, 7) is 3.38. The number of sulfonamides is 1. The van der Waals surface area contributed by atoms with E-state index in [0.29, 0.717) is 40.8 Å². The molecule has 0 aromatic heterocycles. The zero-order valence-electron chi connectivity index (χ0n) is 10.4. The van der Waals surface area contributed by atoms with Gasteiger partial charge in [0.15, 0.2) is 0 Å². The van der Waals surface area contributed by atoms with Gasteiger partial charge in [0.05, 0.1) is 0 Å². The van der Waals surface area contributed by atoms with E-state index in [4.69, 9.17) is 10.5 Å². The van der Waals surface area contributed by atoms with Crippen LogP contribution in [0.2, 0.25) is 0 Å². The van der Waals surface area contributed by atoms with Gasteiger partial charge in [0.2, 0.25) is 10.0 Å². The largest absolute Gasteiger partial charge is 0.399 e. The Morgan fingerprint density at radius 2 is 1.89 bits per heavy atom. The first-order valence-electron chi connectivity index (χ1n) is 5.70. The molecule has 0 bridgehead atoms. The molecule has 1 rings (SSSR count). The normalized spacial score (nSPS) is 11.7. The van der Waals surface area contributed by atoms with Crippen molar-refractivity contribution in [2.75, 3.05) is 25.5 Å². The number of hydrogen-bond donors (Lipinski definition) is 2. The van der Waals surface area contributed by atoms with E-state index in [2.05, 4.69) is 36.6 Å². The molecule has 0 saturated carbocycles. The summed E-state index contributed by atoms with van der Waals surface area (Å²) in [7, 11) is -3.58. The molecule has 0 heterocycles. The van der Waals surface area contributed by atoms with Gasteiger partial charge in [0.25, 0.3) is 0 Å². The predicted molar refractivity (Wildman–Crippen MR) is 82.6 cm³/mol. The number of nitrogens with two attached hydrogens (primary N) is 1. The molecule has 0 aliphatic heterocycles. The van der Waals surface area contributed by atoms with E-state index in [1.165, 1.54) is 0 Å². The van der Waals surface area contributed by atoms with Crippen molar-refractivity contribution in [2.24, 2.45) is 0 Å². The Morgan fingerprint density at radius 3 is 2.42 bits per heavy atom. The summed E-state index contributed by atoms with van der Waals surface area (Å²) < 4.78 is 32.9. The van der Waals surface area contributed by atoms with Gasteiger partial charge in [0.1, 0.15) is 4.90 Å². The standard InChI is InChI=1S/C11H16Br2N2O3S/c1-2-18-5-3-4-15-19(16,17)11-9(12)6-8(14)7-10(11)13/h6-7,15H,2-5,14H2,1H3. The van der Waals surface area contributed by atoms with Gasteiger partial charge >= 0.3 is 0 Å². The minimum absolute atomic E-state index is 0.151. The lowest BCUT2D eigenvalue weighted by Gasteiger charge is -2.11. The SMILES string of the molecule is CCOCCCNS(=O)(=O)c1c(Br)cc(N)cc1Br. The Kier molecular flexibility index (Phi) is 6.75. The highest BCUT2D eigenvalue weighted by molar-refractivity contribution is 9.11. The van der Waals surface area contributed by atoms with Crippen LogP contribution in [0.5, 0.6) is 0 Å². The third kappa shape index (κ3) is 5.03. The summed E-state index contributed by atoms with van der Waals surface area (Å²) in [5, 5.41) is 0. The van der Waals surface area contributed by atoms with Crippen molar-refractivity contribution >= 4 is 47.6 Å². The lowest BCUT2D eigenvalue weighted by atomic mass is 10.3. The van der Waals surface area contributed by atoms with E-state index in [1.807, 2.05) is 6.92 Å². The molecular formula is C11H16Br2N2O3S. The maximum absolute atomic E-state index is 12.2. The van der Waals surface area contributed by atoms with Crippen molar-refractivity contribution in [2.45, 2.75) is 18.2 Å². The van der Waals surface area contributed by atoms with Crippen molar-refractivity contribution in [3.8, 4) is 0 Å². The van der Waals surface area contributed by atoms with Crippen molar-refractivity contribution in [3.63, 3.8) is 0 Å². The summed E-state index contributed by atoms with van der Waals surface area (Å²) >= 11 is 6.43. The molecule has 0 fully saturated rings. The fourth-order valence-electron chi connectivity index (χ4n) is 1.43. The Labute approximate surface area is 130 Å².